The van der Waals surface area contributed by atoms with Crippen LogP contribution >= 0.6 is 0 Å². The molecule has 8 heteroatoms. The van der Waals surface area contributed by atoms with Crippen LogP contribution in [0.1, 0.15) is 41.1 Å². The lowest BCUT2D eigenvalue weighted by Crippen LogP contribution is -2.37. The number of ether oxygens (including phenoxy) is 2. The van der Waals surface area contributed by atoms with Gasteiger partial charge < -0.3 is 23.7 Å². The van der Waals surface area contributed by atoms with E-state index in [0.717, 1.165) is 42.9 Å². The van der Waals surface area contributed by atoms with Crippen LogP contribution in [0.2, 0.25) is 0 Å². The first kappa shape index (κ1) is 20.4. The number of benzene rings is 1. The minimum atomic E-state index is -0.142. The van der Waals surface area contributed by atoms with Gasteiger partial charge in [-0.25, -0.2) is 4.98 Å². The maximum absolute atomic E-state index is 12.9. The zero-order valence-electron chi connectivity index (χ0n) is 18.1. The number of hydrogen-bond donors (Lipinski definition) is 0. The number of carbonyl (C=O) groups excluding carboxylic acids is 1. The fourth-order valence-corrected chi connectivity index (χ4v) is 4.18. The molecule has 1 fully saturated rings. The van der Waals surface area contributed by atoms with Crippen molar-refractivity contribution in [3.8, 4) is 17.4 Å². The fraction of sp³-hybridized carbons (Fsp3) is 0.375. The average molecular weight is 434 g/mol. The largest absolute Gasteiger partial charge is 0.497 e. The van der Waals surface area contributed by atoms with Crippen molar-refractivity contribution < 1.29 is 18.7 Å². The molecule has 0 spiro atoms. The monoisotopic (exact) mass is 434 g/mol. The van der Waals surface area contributed by atoms with Crippen LogP contribution in [0.15, 0.2) is 47.1 Å². The van der Waals surface area contributed by atoms with Crippen molar-refractivity contribution >= 4 is 11.9 Å². The van der Waals surface area contributed by atoms with Crippen LogP contribution in [0.4, 0.5) is 5.95 Å². The molecule has 2 aliphatic heterocycles. The first-order chi connectivity index (χ1) is 15.7. The first-order valence-corrected chi connectivity index (χ1v) is 11.0. The molecule has 0 bridgehead atoms. The van der Waals surface area contributed by atoms with Gasteiger partial charge in [-0.1, -0.05) is 0 Å². The van der Waals surface area contributed by atoms with Crippen molar-refractivity contribution in [2.75, 3.05) is 31.6 Å². The average Bonchev–Trinajstić information content (AvgIpc) is 3.39. The Morgan fingerprint density at radius 3 is 2.50 bits per heavy atom. The van der Waals surface area contributed by atoms with Crippen LogP contribution in [0.5, 0.6) is 17.4 Å². The highest BCUT2D eigenvalue weighted by Gasteiger charge is 2.29. The molecule has 3 aromatic rings. The molecule has 0 saturated carbocycles. The van der Waals surface area contributed by atoms with Crippen LogP contribution in [-0.4, -0.2) is 47.5 Å². The number of carbonyl (C=O) groups is 1. The maximum atomic E-state index is 12.9. The van der Waals surface area contributed by atoms with Gasteiger partial charge in [-0.05, 0) is 55.7 Å². The van der Waals surface area contributed by atoms with E-state index in [1.165, 1.54) is 12.7 Å². The third-order valence-corrected chi connectivity index (χ3v) is 5.94. The Hall–Kier alpha value is -3.55. The third-order valence-electron chi connectivity index (χ3n) is 5.94. The van der Waals surface area contributed by atoms with E-state index < -0.39 is 0 Å². The highest BCUT2D eigenvalue weighted by Crippen LogP contribution is 2.33. The fourth-order valence-electron chi connectivity index (χ4n) is 4.18. The summed E-state index contributed by atoms with van der Waals surface area (Å²) in [6.07, 6.45) is 5.67. The molecule has 0 aliphatic carbocycles. The van der Waals surface area contributed by atoms with Gasteiger partial charge in [0, 0.05) is 26.1 Å². The van der Waals surface area contributed by atoms with E-state index in [0.29, 0.717) is 42.8 Å². The van der Waals surface area contributed by atoms with Gasteiger partial charge in [-0.15, -0.1) is 0 Å². The quantitative estimate of drug-likeness (QED) is 0.599. The van der Waals surface area contributed by atoms with Crippen LogP contribution in [0.25, 0.3) is 0 Å². The summed E-state index contributed by atoms with van der Waals surface area (Å²) in [4.78, 5) is 26.5. The number of aromatic nitrogens is 2. The summed E-state index contributed by atoms with van der Waals surface area (Å²) < 4.78 is 16.8. The summed E-state index contributed by atoms with van der Waals surface area (Å²) >= 11 is 0. The Kier molecular flexibility index (Phi) is 5.66. The van der Waals surface area contributed by atoms with Crippen LogP contribution in [0.3, 0.4) is 0 Å². The second-order valence-corrected chi connectivity index (χ2v) is 8.03. The predicted molar refractivity (Wildman–Crippen MR) is 118 cm³/mol. The van der Waals surface area contributed by atoms with E-state index in [9.17, 15) is 4.79 Å². The molecule has 166 valence electrons. The number of furan rings is 1. The number of hydrogen-bond acceptors (Lipinski definition) is 7. The number of methoxy groups -OCH3 is 1. The van der Waals surface area contributed by atoms with Crippen molar-refractivity contribution in [1.82, 2.24) is 14.9 Å². The highest BCUT2D eigenvalue weighted by atomic mass is 16.5. The first-order valence-electron chi connectivity index (χ1n) is 11.0. The molecule has 5 rings (SSSR count). The molecule has 0 atom stereocenters. The van der Waals surface area contributed by atoms with E-state index in [1.54, 1.807) is 24.1 Å². The van der Waals surface area contributed by atoms with Crippen molar-refractivity contribution in [3.63, 3.8) is 0 Å². The van der Waals surface area contributed by atoms with Gasteiger partial charge in [0.05, 0.1) is 31.2 Å². The van der Waals surface area contributed by atoms with Gasteiger partial charge in [0.1, 0.15) is 11.5 Å². The van der Waals surface area contributed by atoms with Gasteiger partial charge in [0.2, 0.25) is 11.8 Å². The van der Waals surface area contributed by atoms with Gasteiger partial charge in [-0.3, -0.25) is 4.79 Å². The van der Waals surface area contributed by atoms with Gasteiger partial charge in [0.15, 0.2) is 5.76 Å². The summed E-state index contributed by atoms with van der Waals surface area (Å²) in [5.41, 5.74) is 1.78. The highest BCUT2D eigenvalue weighted by molar-refractivity contribution is 5.91. The normalized spacial score (nSPS) is 15.9. The predicted octanol–water partition coefficient (Wildman–Crippen LogP) is 4.06. The zero-order valence-corrected chi connectivity index (χ0v) is 18.1. The Morgan fingerprint density at radius 2 is 1.78 bits per heavy atom. The maximum Gasteiger partial charge on any atom is 0.289 e. The summed E-state index contributed by atoms with van der Waals surface area (Å²) in [7, 11) is 1.63. The minimum absolute atomic E-state index is 0.142. The Balaban J connectivity index is 1.48. The second kappa shape index (κ2) is 8.90. The molecule has 0 unspecified atom stereocenters. The standard InChI is InChI=1S/C24H26N4O4/c1-30-17-7-9-18(10-8-17)32-22-19-16-28(23(29)21-6-5-15-31-21)14-11-20(19)25-24(26-22)27-12-3-2-4-13-27/h5-10,15H,2-4,11-14,16H2,1H3. The lowest BCUT2D eigenvalue weighted by Gasteiger charge is -2.31. The summed E-state index contributed by atoms with van der Waals surface area (Å²) in [5, 5.41) is 0. The number of piperidine rings is 1. The number of fused-ring (bicyclic) bond motifs is 1. The topological polar surface area (TPSA) is 80.9 Å². The van der Waals surface area contributed by atoms with E-state index in [-0.39, 0.29) is 5.91 Å². The molecular weight excluding hydrogens is 408 g/mol. The lowest BCUT2D eigenvalue weighted by molar-refractivity contribution is 0.0699. The molecule has 32 heavy (non-hydrogen) atoms. The van der Waals surface area contributed by atoms with Gasteiger partial charge in [0.25, 0.3) is 5.91 Å². The smallest absolute Gasteiger partial charge is 0.289 e. The van der Waals surface area contributed by atoms with Crippen LogP contribution < -0.4 is 14.4 Å². The van der Waals surface area contributed by atoms with Crippen LogP contribution in [-0.2, 0) is 13.0 Å². The molecular formula is C24H26N4O4. The number of anilines is 1. The van der Waals surface area contributed by atoms with Crippen molar-refractivity contribution in [3.05, 3.63) is 59.7 Å². The third kappa shape index (κ3) is 4.12. The Morgan fingerprint density at radius 1 is 1.00 bits per heavy atom. The second-order valence-electron chi connectivity index (χ2n) is 8.03. The van der Waals surface area contributed by atoms with E-state index in [1.807, 2.05) is 24.3 Å². The summed E-state index contributed by atoms with van der Waals surface area (Å²) in [5.74, 6) is 2.81. The van der Waals surface area contributed by atoms with Crippen molar-refractivity contribution in [2.24, 2.45) is 0 Å². The van der Waals surface area contributed by atoms with Crippen molar-refractivity contribution in [2.45, 2.75) is 32.2 Å². The lowest BCUT2D eigenvalue weighted by atomic mass is 10.1. The Bertz CT molecular complexity index is 1080. The summed E-state index contributed by atoms with van der Waals surface area (Å²) in [6, 6.07) is 10.8. The molecule has 2 aliphatic rings. The molecule has 4 heterocycles. The van der Waals surface area contributed by atoms with E-state index in [4.69, 9.17) is 23.9 Å². The molecule has 0 radical (unpaired) electrons. The molecule has 1 aromatic carbocycles. The van der Waals surface area contributed by atoms with Crippen molar-refractivity contribution in [1.29, 1.82) is 0 Å². The van der Waals surface area contributed by atoms with Crippen LogP contribution in [0, 0.1) is 0 Å². The van der Waals surface area contributed by atoms with E-state index >= 15 is 0 Å². The minimum Gasteiger partial charge on any atom is -0.497 e. The molecule has 1 amide bonds. The number of amides is 1. The van der Waals surface area contributed by atoms with Gasteiger partial charge >= 0.3 is 0 Å². The number of nitrogens with zero attached hydrogens (tertiary/aromatic N) is 4. The zero-order chi connectivity index (χ0) is 21.9. The number of rotatable bonds is 5. The molecule has 0 N–H and O–H groups in total. The van der Waals surface area contributed by atoms with Gasteiger partial charge in [-0.2, -0.15) is 4.98 Å². The summed E-state index contributed by atoms with van der Waals surface area (Å²) in [6.45, 7) is 2.85. The molecule has 2 aromatic heterocycles. The van der Waals surface area contributed by atoms with E-state index in [2.05, 4.69) is 4.90 Å². The molecule has 1 saturated heterocycles. The Labute approximate surface area is 186 Å². The molecule has 8 nitrogen and oxygen atoms in total. The SMILES string of the molecule is COc1ccc(Oc2nc(N3CCCCC3)nc3c2CN(C(=O)c2ccco2)CC3)cc1.